The summed E-state index contributed by atoms with van der Waals surface area (Å²) in [5, 5.41) is 4.67. The third kappa shape index (κ3) is 3.39. The molecule has 0 saturated heterocycles. The molecule has 82 valence electrons. The molecule has 0 bridgehead atoms. The van der Waals surface area contributed by atoms with E-state index in [0.717, 1.165) is 5.16 Å². The van der Waals surface area contributed by atoms with Crippen molar-refractivity contribution in [2.45, 2.75) is 12.1 Å². The third-order valence-electron chi connectivity index (χ3n) is 1.61. The van der Waals surface area contributed by atoms with Crippen LogP contribution in [0.2, 0.25) is 0 Å². The van der Waals surface area contributed by atoms with Crippen LogP contribution in [-0.4, -0.2) is 33.1 Å². The van der Waals surface area contributed by atoms with Gasteiger partial charge in [0.1, 0.15) is 6.33 Å². The predicted octanol–water partition coefficient (Wildman–Crippen LogP) is 1.03. The second kappa shape index (κ2) is 5.55. The van der Waals surface area contributed by atoms with Crippen LogP contribution in [0.4, 0.5) is 0 Å². The molecule has 0 aliphatic carbocycles. The van der Waals surface area contributed by atoms with Crippen LogP contribution in [0.25, 0.3) is 0 Å². The standard InChI is InChI=1S/C9H13N3O2S/c1-4-14-8(13)7(2)5-15-9-10-6-11-12(9)3/h6H,2,4-5H2,1,3H3. The Morgan fingerprint density at radius 2 is 2.47 bits per heavy atom. The van der Waals surface area contributed by atoms with E-state index in [4.69, 9.17) is 4.74 Å². The Morgan fingerprint density at radius 1 is 1.73 bits per heavy atom. The van der Waals surface area contributed by atoms with Crippen LogP contribution >= 0.6 is 11.8 Å². The minimum atomic E-state index is -0.354. The first-order valence-corrected chi connectivity index (χ1v) is 5.45. The minimum Gasteiger partial charge on any atom is -0.463 e. The van der Waals surface area contributed by atoms with Gasteiger partial charge in [-0.3, -0.25) is 0 Å². The van der Waals surface area contributed by atoms with Gasteiger partial charge in [-0.15, -0.1) is 0 Å². The third-order valence-corrected chi connectivity index (χ3v) is 2.73. The number of rotatable bonds is 5. The van der Waals surface area contributed by atoms with Gasteiger partial charge in [-0.05, 0) is 6.92 Å². The number of aromatic nitrogens is 3. The zero-order valence-corrected chi connectivity index (χ0v) is 9.58. The number of carbonyl (C=O) groups is 1. The van der Waals surface area contributed by atoms with E-state index in [1.54, 1.807) is 18.7 Å². The molecule has 15 heavy (non-hydrogen) atoms. The lowest BCUT2D eigenvalue weighted by Crippen LogP contribution is -2.08. The van der Waals surface area contributed by atoms with Crippen molar-refractivity contribution in [2.75, 3.05) is 12.4 Å². The molecule has 0 amide bonds. The van der Waals surface area contributed by atoms with Crippen molar-refractivity contribution in [3.63, 3.8) is 0 Å². The molecular weight excluding hydrogens is 214 g/mol. The number of carbonyl (C=O) groups excluding carboxylic acids is 1. The molecule has 1 heterocycles. The van der Waals surface area contributed by atoms with E-state index < -0.39 is 0 Å². The molecule has 1 rings (SSSR count). The monoisotopic (exact) mass is 227 g/mol. The SMILES string of the molecule is C=C(CSc1ncnn1C)C(=O)OCC. The maximum Gasteiger partial charge on any atom is 0.334 e. The van der Waals surface area contributed by atoms with Crippen molar-refractivity contribution < 1.29 is 9.53 Å². The average molecular weight is 227 g/mol. The molecule has 0 aliphatic heterocycles. The van der Waals surface area contributed by atoms with Crippen molar-refractivity contribution in [1.29, 1.82) is 0 Å². The van der Waals surface area contributed by atoms with Gasteiger partial charge in [0.2, 0.25) is 0 Å². The van der Waals surface area contributed by atoms with Crippen LogP contribution in [0.5, 0.6) is 0 Å². The summed E-state index contributed by atoms with van der Waals surface area (Å²) in [6.45, 7) is 5.78. The molecule has 0 spiro atoms. The first-order chi connectivity index (χ1) is 7.15. The molecule has 0 aliphatic rings. The maximum absolute atomic E-state index is 11.2. The normalized spacial score (nSPS) is 10.0. The topological polar surface area (TPSA) is 57.0 Å². The van der Waals surface area contributed by atoms with Crippen LogP contribution in [0.3, 0.4) is 0 Å². The number of nitrogens with zero attached hydrogens (tertiary/aromatic N) is 3. The fraction of sp³-hybridized carbons (Fsp3) is 0.444. The number of thioether (sulfide) groups is 1. The zero-order chi connectivity index (χ0) is 11.3. The van der Waals surface area contributed by atoms with Crippen molar-refractivity contribution >= 4 is 17.7 Å². The molecule has 0 unspecified atom stereocenters. The van der Waals surface area contributed by atoms with Gasteiger partial charge in [0.05, 0.1) is 6.61 Å². The predicted molar refractivity (Wildman–Crippen MR) is 57.5 cm³/mol. The molecule has 5 nitrogen and oxygen atoms in total. The van der Waals surface area contributed by atoms with E-state index in [-0.39, 0.29) is 5.97 Å². The molecule has 0 radical (unpaired) electrons. The van der Waals surface area contributed by atoms with Crippen LogP contribution < -0.4 is 0 Å². The lowest BCUT2D eigenvalue weighted by atomic mass is 10.4. The molecule has 0 fully saturated rings. The van der Waals surface area contributed by atoms with E-state index in [2.05, 4.69) is 16.7 Å². The van der Waals surface area contributed by atoms with E-state index in [1.807, 2.05) is 0 Å². The highest BCUT2D eigenvalue weighted by Crippen LogP contribution is 2.16. The average Bonchev–Trinajstić information content (AvgIpc) is 2.61. The molecule has 6 heteroatoms. The van der Waals surface area contributed by atoms with Gasteiger partial charge in [0.25, 0.3) is 0 Å². The lowest BCUT2D eigenvalue weighted by molar-refractivity contribution is -0.138. The fourth-order valence-electron chi connectivity index (χ4n) is 0.860. The fourth-order valence-corrected chi connectivity index (χ4v) is 1.64. The largest absolute Gasteiger partial charge is 0.463 e. The zero-order valence-electron chi connectivity index (χ0n) is 8.77. The highest BCUT2D eigenvalue weighted by molar-refractivity contribution is 7.99. The number of hydrogen-bond donors (Lipinski definition) is 0. The summed E-state index contributed by atoms with van der Waals surface area (Å²) in [4.78, 5) is 15.2. The van der Waals surface area contributed by atoms with Gasteiger partial charge in [-0.2, -0.15) is 5.10 Å². The molecule has 0 saturated carbocycles. The summed E-state index contributed by atoms with van der Waals surface area (Å²) in [5.41, 5.74) is 0.435. The van der Waals surface area contributed by atoms with Crippen molar-refractivity contribution in [2.24, 2.45) is 7.05 Å². The highest BCUT2D eigenvalue weighted by Gasteiger charge is 2.09. The second-order valence-corrected chi connectivity index (χ2v) is 3.72. The maximum atomic E-state index is 11.2. The minimum absolute atomic E-state index is 0.354. The molecule has 1 aromatic rings. The first kappa shape index (κ1) is 11.8. The van der Waals surface area contributed by atoms with E-state index in [1.165, 1.54) is 18.1 Å². The Hall–Kier alpha value is -1.30. The molecule has 0 aromatic carbocycles. The number of ether oxygens (including phenoxy) is 1. The smallest absolute Gasteiger partial charge is 0.334 e. The molecule has 1 aromatic heterocycles. The number of aryl methyl sites for hydroxylation is 1. The first-order valence-electron chi connectivity index (χ1n) is 4.46. The van der Waals surface area contributed by atoms with Crippen LogP contribution in [0.15, 0.2) is 23.6 Å². The number of hydrogen-bond acceptors (Lipinski definition) is 5. The summed E-state index contributed by atoms with van der Waals surface area (Å²) in [7, 11) is 1.79. The Morgan fingerprint density at radius 3 is 3.00 bits per heavy atom. The summed E-state index contributed by atoms with van der Waals surface area (Å²) < 4.78 is 6.45. The molecule has 0 atom stereocenters. The summed E-state index contributed by atoms with van der Waals surface area (Å²) in [5.74, 6) is 0.109. The Balaban J connectivity index is 2.41. The van der Waals surface area contributed by atoms with Crippen LogP contribution in [0.1, 0.15) is 6.92 Å². The van der Waals surface area contributed by atoms with Gasteiger partial charge in [0.15, 0.2) is 5.16 Å². The molecule has 0 N–H and O–H groups in total. The van der Waals surface area contributed by atoms with Gasteiger partial charge in [0, 0.05) is 18.4 Å². The second-order valence-electron chi connectivity index (χ2n) is 2.78. The van der Waals surface area contributed by atoms with Crippen molar-refractivity contribution in [1.82, 2.24) is 14.8 Å². The van der Waals surface area contributed by atoms with Gasteiger partial charge < -0.3 is 4.74 Å². The molecular formula is C9H13N3O2S. The van der Waals surface area contributed by atoms with Gasteiger partial charge >= 0.3 is 5.97 Å². The summed E-state index contributed by atoms with van der Waals surface area (Å²) in [6.07, 6.45) is 1.47. The van der Waals surface area contributed by atoms with E-state index in [0.29, 0.717) is 17.9 Å². The summed E-state index contributed by atoms with van der Waals surface area (Å²) in [6, 6.07) is 0. The van der Waals surface area contributed by atoms with Crippen LogP contribution in [0, 0.1) is 0 Å². The van der Waals surface area contributed by atoms with E-state index in [9.17, 15) is 4.79 Å². The number of esters is 1. The van der Waals surface area contributed by atoms with Gasteiger partial charge in [-0.1, -0.05) is 18.3 Å². The van der Waals surface area contributed by atoms with Crippen molar-refractivity contribution in [3.8, 4) is 0 Å². The summed E-state index contributed by atoms with van der Waals surface area (Å²) >= 11 is 1.40. The van der Waals surface area contributed by atoms with Crippen molar-refractivity contribution in [3.05, 3.63) is 18.5 Å². The Labute approximate surface area is 92.5 Å². The van der Waals surface area contributed by atoms with Gasteiger partial charge in [-0.25, -0.2) is 14.5 Å². The van der Waals surface area contributed by atoms with E-state index >= 15 is 0 Å². The highest BCUT2D eigenvalue weighted by atomic mass is 32.2. The Bertz CT molecular complexity index is 362. The Kier molecular flexibility index (Phi) is 4.36. The quantitative estimate of drug-likeness (QED) is 0.427. The van der Waals surface area contributed by atoms with Crippen LogP contribution in [-0.2, 0) is 16.6 Å². The lowest BCUT2D eigenvalue weighted by Gasteiger charge is -2.04.